The highest BCUT2D eigenvalue weighted by Gasteiger charge is 2.05. The Bertz CT molecular complexity index is 538. The van der Waals surface area contributed by atoms with Gasteiger partial charge in [-0.05, 0) is 34.5 Å². The van der Waals surface area contributed by atoms with E-state index in [1.54, 1.807) is 36.6 Å². The summed E-state index contributed by atoms with van der Waals surface area (Å²) in [6.45, 7) is 0.494. The topological polar surface area (TPSA) is 68.3 Å². The van der Waals surface area contributed by atoms with Gasteiger partial charge in [0.2, 0.25) is 0 Å². The van der Waals surface area contributed by atoms with E-state index in [2.05, 4.69) is 0 Å². The Morgan fingerprint density at radius 2 is 2.11 bits per heavy atom. The molecule has 0 saturated heterocycles. The molecule has 0 atom stereocenters. The van der Waals surface area contributed by atoms with Crippen molar-refractivity contribution in [1.29, 1.82) is 5.41 Å². The summed E-state index contributed by atoms with van der Waals surface area (Å²) in [6.07, 6.45) is 0. The highest BCUT2D eigenvalue weighted by Crippen LogP contribution is 2.23. The summed E-state index contributed by atoms with van der Waals surface area (Å²) < 4.78 is 10.8. The number of hydrogen-bond acceptors (Lipinski definition) is 4. The molecule has 0 amide bonds. The molecule has 0 aliphatic carbocycles. The molecule has 1 aromatic heterocycles. The van der Waals surface area contributed by atoms with Crippen molar-refractivity contribution in [1.82, 2.24) is 0 Å². The predicted molar refractivity (Wildman–Crippen MR) is 72.7 cm³/mol. The molecule has 0 fully saturated rings. The number of nitrogens with two attached hydrogens (primary N) is 1. The van der Waals surface area contributed by atoms with E-state index >= 15 is 0 Å². The van der Waals surface area contributed by atoms with E-state index in [1.165, 1.54) is 0 Å². The number of nitrogens with one attached hydrogen (secondary N) is 1. The van der Waals surface area contributed by atoms with Crippen LogP contribution in [0.1, 0.15) is 11.1 Å². The van der Waals surface area contributed by atoms with E-state index in [9.17, 15) is 0 Å². The molecule has 3 N–H and O–H groups in total. The molecule has 94 valence electrons. The van der Waals surface area contributed by atoms with Crippen LogP contribution in [0.25, 0.3) is 0 Å². The molecule has 0 spiro atoms. The number of hydrogen-bond donors (Lipinski definition) is 2. The Hall–Kier alpha value is -2.01. The van der Waals surface area contributed by atoms with Gasteiger partial charge in [0.15, 0.2) is 0 Å². The lowest BCUT2D eigenvalue weighted by Crippen LogP contribution is -2.11. The fraction of sp³-hybridized carbons (Fsp3) is 0.154. The Balaban J connectivity index is 2.16. The third kappa shape index (κ3) is 3.01. The summed E-state index contributed by atoms with van der Waals surface area (Å²) in [7, 11) is 1.57. The van der Waals surface area contributed by atoms with Crippen molar-refractivity contribution in [3.8, 4) is 11.5 Å². The minimum atomic E-state index is -0.00529. The van der Waals surface area contributed by atoms with Gasteiger partial charge in [-0.25, -0.2) is 0 Å². The molecule has 2 aromatic rings. The van der Waals surface area contributed by atoms with Crippen molar-refractivity contribution < 1.29 is 9.47 Å². The summed E-state index contributed by atoms with van der Waals surface area (Å²) in [4.78, 5) is 0. The molecular weight excluding hydrogens is 248 g/mol. The Labute approximate surface area is 109 Å². The summed E-state index contributed by atoms with van der Waals surface area (Å²) in [5.41, 5.74) is 7.18. The van der Waals surface area contributed by atoms with Crippen LogP contribution >= 0.6 is 11.3 Å². The summed E-state index contributed by atoms with van der Waals surface area (Å²) in [5, 5.41) is 11.5. The minimum Gasteiger partial charge on any atom is -0.497 e. The molecule has 4 nitrogen and oxygen atoms in total. The molecular formula is C13H14N2O2S. The number of rotatable bonds is 5. The maximum Gasteiger partial charge on any atom is 0.124 e. The number of methoxy groups -OCH3 is 1. The lowest BCUT2D eigenvalue weighted by molar-refractivity contribution is 0.304. The first-order valence-electron chi connectivity index (χ1n) is 5.36. The molecule has 1 aromatic carbocycles. The minimum absolute atomic E-state index is 0.00529. The average Bonchev–Trinajstić information content (AvgIpc) is 2.89. The van der Waals surface area contributed by atoms with Crippen LogP contribution in [0.5, 0.6) is 11.5 Å². The van der Waals surface area contributed by atoms with Crippen molar-refractivity contribution in [3.05, 3.63) is 46.2 Å². The zero-order valence-electron chi connectivity index (χ0n) is 9.97. The van der Waals surface area contributed by atoms with Crippen LogP contribution in [-0.4, -0.2) is 12.9 Å². The fourth-order valence-electron chi connectivity index (χ4n) is 1.47. The largest absolute Gasteiger partial charge is 0.497 e. The second-order valence-electron chi connectivity index (χ2n) is 3.73. The average molecular weight is 262 g/mol. The number of amidine groups is 1. The zero-order valence-corrected chi connectivity index (χ0v) is 10.8. The van der Waals surface area contributed by atoms with Crippen LogP contribution in [0.15, 0.2) is 35.0 Å². The first kappa shape index (κ1) is 12.4. The third-order valence-corrected chi connectivity index (χ3v) is 3.14. The van der Waals surface area contributed by atoms with Crippen LogP contribution in [0, 0.1) is 5.41 Å². The van der Waals surface area contributed by atoms with Crippen molar-refractivity contribution in [2.45, 2.75) is 6.61 Å². The van der Waals surface area contributed by atoms with E-state index in [-0.39, 0.29) is 5.84 Å². The fourth-order valence-corrected chi connectivity index (χ4v) is 2.12. The molecule has 0 unspecified atom stereocenters. The van der Waals surface area contributed by atoms with E-state index in [4.69, 9.17) is 20.6 Å². The van der Waals surface area contributed by atoms with Crippen molar-refractivity contribution in [3.63, 3.8) is 0 Å². The number of ether oxygens (including phenoxy) is 2. The van der Waals surface area contributed by atoms with E-state index < -0.39 is 0 Å². The molecule has 2 rings (SSSR count). The standard InChI is InChI=1S/C13H14N2O2S/c1-16-11-4-10(13(14)15)5-12(6-11)17-7-9-2-3-18-8-9/h2-6,8H,7H2,1H3,(H3,14,15). The molecule has 0 radical (unpaired) electrons. The molecule has 0 aliphatic heterocycles. The number of thiophene rings is 1. The maximum atomic E-state index is 7.44. The normalized spacial score (nSPS) is 10.1. The van der Waals surface area contributed by atoms with E-state index in [1.807, 2.05) is 16.8 Å². The molecule has 1 heterocycles. The lowest BCUT2D eigenvalue weighted by Gasteiger charge is -2.09. The zero-order chi connectivity index (χ0) is 13.0. The predicted octanol–water partition coefficient (Wildman–Crippen LogP) is 2.62. The third-order valence-electron chi connectivity index (χ3n) is 2.41. The molecule has 0 bridgehead atoms. The van der Waals surface area contributed by atoms with Gasteiger partial charge in [0, 0.05) is 11.6 Å². The van der Waals surface area contributed by atoms with E-state index in [0.29, 0.717) is 23.7 Å². The van der Waals surface area contributed by atoms with Crippen LogP contribution in [0.2, 0.25) is 0 Å². The van der Waals surface area contributed by atoms with Gasteiger partial charge in [-0.3, -0.25) is 5.41 Å². The molecule has 0 aliphatic rings. The van der Waals surface area contributed by atoms with Gasteiger partial charge in [0.05, 0.1) is 7.11 Å². The Morgan fingerprint density at radius 1 is 1.33 bits per heavy atom. The van der Waals surface area contributed by atoms with Gasteiger partial charge in [-0.15, -0.1) is 0 Å². The van der Waals surface area contributed by atoms with Crippen LogP contribution in [0.3, 0.4) is 0 Å². The SMILES string of the molecule is COc1cc(OCc2ccsc2)cc(C(=N)N)c1. The molecule has 5 heteroatoms. The first-order valence-corrected chi connectivity index (χ1v) is 6.30. The maximum absolute atomic E-state index is 7.44. The highest BCUT2D eigenvalue weighted by atomic mass is 32.1. The molecule has 0 saturated carbocycles. The van der Waals surface area contributed by atoms with Crippen LogP contribution in [0.4, 0.5) is 0 Å². The summed E-state index contributed by atoms with van der Waals surface area (Å²) in [5.74, 6) is 1.27. The quantitative estimate of drug-likeness (QED) is 0.643. The van der Waals surface area contributed by atoms with Crippen molar-refractivity contribution in [2.75, 3.05) is 7.11 Å². The number of nitrogen functional groups attached to an aromatic ring is 1. The van der Waals surface area contributed by atoms with Gasteiger partial charge in [-0.2, -0.15) is 11.3 Å². The Kier molecular flexibility index (Phi) is 3.84. The van der Waals surface area contributed by atoms with Crippen LogP contribution in [-0.2, 0) is 6.61 Å². The van der Waals surface area contributed by atoms with Crippen LogP contribution < -0.4 is 15.2 Å². The highest BCUT2D eigenvalue weighted by molar-refractivity contribution is 7.07. The summed E-state index contributed by atoms with van der Waals surface area (Å²) in [6, 6.07) is 7.23. The van der Waals surface area contributed by atoms with Gasteiger partial charge in [0.1, 0.15) is 23.9 Å². The van der Waals surface area contributed by atoms with Crippen molar-refractivity contribution in [2.24, 2.45) is 5.73 Å². The first-order chi connectivity index (χ1) is 8.69. The lowest BCUT2D eigenvalue weighted by atomic mass is 10.2. The monoisotopic (exact) mass is 262 g/mol. The smallest absolute Gasteiger partial charge is 0.124 e. The second kappa shape index (κ2) is 5.55. The number of benzene rings is 1. The van der Waals surface area contributed by atoms with Crippen molar-refractivity contribution >= 4 is 17.2 Å². The van der Waals surface area contributed by atoms with Gasteiger partial charge in [0.25, 0.3) is 0 Å². The second-order valence-corrected chi connectivity index (χ2v) is 4.51. The van der Waals surface area contributed by atoms with E-state index in [0.717, 1.165) is 5.56 Å². The van der Waals surface area contributed by atoms with Gasteiger partial charge < -0.3 is 15.2 Å². The molecule has 18 heavy (non-hydrogen) atoms. The van der Waals surface area contributed by atoms with Gasteiger partial charge in [-0.1, -0.05) is 0 Å². The Morgan fingerprint density at radius 3 is 2.72 bits per heavy atom. The summed E-state index contributed by atoms with van der Waals surface area (Å²) >= 11 is 1.63. The van der Waals surface area contributed by atoms with Gasteiger partial charge >= 0.3 is 0 Å².